The molecule has 1 aromatic carbocycles. The average Bonchev–Trinajstić information content (AvgIpc) is 2.82. The van der Waals surface area contributed by atoms with Gasteiger partial charge in [-0.2, -0.15) is 4.98 Å². The summed E-state index contributed by atoms with van der Waals surface area (Å²) in [6.45, 7) is 2.13. The standard InChI is InChI=1S/C12H14FN3O2/c1-7-3-4-9(13)8(5-7)12-15-11(16-18-12)10(14)6-17-2/h3-5,10H,6,14H2,1-2H3. The number of methoxy groups -OCH3 is 1. The van der Waals surface area contributed by atoms with E-state index in [9.17, 15) is 4.39 Å². The molecule has 6 heteroatoms. The van der Waals surface area contributed by atoms with Gasteiger partial charge in [0.1, 0.15) is 5.82 Å². The van der Waals surface area contributed by atoms with Crippen LogP contribution in [0.4, 0.5) is 4.39 Å². The Labute approximate surface area is 104 Å². The van der Waals surface area contributed by atoms with Crippen LogP contribution >= 0.6 is 0 Å². The van der Waals surface area contributed by atoms with Crippen LogP contribution in [0.15, 0.2) is 22.7 Å². The summed E-state index contributed by atoms with van der Waals surface area (Å²) in [5, 5.41) is 3.72. The number of ether oxygens (including phenoxy) is 1. The van der Waals surface area contributed by atoms with Crippen LogP contribution in [0, 0.1) is 12.7 Å². The third-order valence-electron chi connectivity index (χ3n) is 2.47. The molecule has 18 heavy (non-hydrogen) atoms. The summed E-state index contributed by atoms with van der Waals surface area (Å²) in [5.41, 5.74) is 6.95. The molecule has 2 N–H and O–H groups in total. The predicted octanol–water partition coefficient (Wildman–Crippen LogP) is 1.83. The van der Waals surface area contributed by atoms with Gasteiger partial charge in [0.05, 0.1) is 18.2 Å². The quantitative estimate of drug-likeness (QED) is 0.897. The van der Waals surface area contributed by atoms with Crippen LogP contribution in [-0.2, 0) is 4.74 Å². The molecule has 0 aliphatic heterocycles. The van der Waals surface area contributed by atoms with Crippen molar-refractivity contribution < 1.29 is 13.7 Å². The maximum Gasteiger partial charge on any atom is 0.260 e. The molecule has 1 heterocycles. The Morgan fingerprint density at radius 3 is 3.00 bits per heavy atom. The largest absolute Gasteiger partial charge is 0.383 e. The Morgan fingerprint density at radius 2 is 2.28 bits per heavy atom. The van der Waals surface area contributed by atoms with Gasteiger partial charge >= 0.3 is 0 Å². The number of halogens is 1. The predicted molar refractivity (Wildman–Crippen MR) is 63.2 cm³/mol. The van der Waals surface area contributed by atoms with Crippen LogP contribution < -0.4 is 5.73 Å². The molecule has 1 unspecified atom stereocenters. The highest BCUT2D eigenvalue weighted by Gasteiger charge is 2.17. The van der Waals surface area contributed by atoms with Crippen molar-refractivity contribution in [1.29, 1.82) is 0 Å². The summed E-state index contributed by atoms with van der Waals surface area (Å²) >= 11 is 0. The van der Waals surface area contributed by atoms with E-state index in [0.29, 0.717) is 5.82 Å². The van der Waals surface area contributed by atoms with E-state index in [4.69, 9.17) is 15.0 Å². The lowest BCUT2D eigenvalue weighted by Gasteiger charge is -2.03. The fraction of sp³-hybridized carbons (Fsp3) is 0.333. The van der Waals surface area contributed by atoms with Crippen molar-refractivity contribution in [3.05, 3.63) is 35.4 Å². The van der Waals surface area contributed by atoms with Crippen molar-refractivity contribution in [2.24, 2.45) is 5.73 Å². The third-order valence-corrected chi connectivity index (χ3v) is 2.47. The number of hydrogen-bond donors (Lipinski definition) is 1. The Balaban J connectivity index is 2.32. The Hall–Kier alpha value is -1.79. The van der Waals surface area contributed by atoms with Gasteiger partial charge in [-0.15, -0.1) is 0 Å². The molecule has 0 amide bonds. The van der Waals surface area contributed by atoms with Crippen molar-refractivity contribution >= 4 is 0 Å². The SMILES string of the molecule is COCC(N)c1noc(-c2cc(C)ccc2F)n1. The van der Waals surface area contributed by atoms with Gasteiger partial charge in [0.25, 0.3) is 5.89 Å². The number of benzene rings is 1. The molecule has 0 aliphatic rings. The van der Waals surface area contributed by atoms with Crippen LogP contribution in [0.25, 0.3) is 11.5 Å². The van der Waals surface area contributed by atoms with Gasteiger partial charge in [0.2, 0.25) is 0 Å². The van der Waals surface area contributed by atoms with Crippen LogP contribution in [0.1, 0.15) is 17.4 Å². The summed E-state index contributed by atoms with van der Waals surface area (Å²) in [6.07, 6.45) is 0. The Kier molecular flexibility index (Phi) is 3.69. The van der Waals surface area contributed by atoms with Gasteiger partial charge in [-0.25, -0.2) is 4.39 Å². The minimum absolute atomic E-state index is 0.123. The van der Waals surface area contributed by atoms with E-state index in [0.717, 1.165) is 5.56 Å². The van der Waals surface area contributed by atoms with Crippen LogP contribution in [0.2, 0.25) is 0 Å². The topological polar surface area (TPSA) is 74.2 Å². The second-order valence-electron chi connectivity index (χ2n) is 4.00. The number of aryl methyl sites for hydroxylation is 1. The molecule has 0 radical (unpaired) electrons. The number of nitrogens with two attached hydrogens (primary N) is 1. The highest BCUT2D eigenvalue weighted by molar-refractivity contribution is 5.55. The summed E-state index contributed by atoms with van der Waals surface area (Å²) in [6, 6.07) is 4.20. The molecule has 5 nitrogen and oxygen atoms in total. The van der Waals surface area contributed by atoms with Crippen molar-refractivity contribution in [3.8, 4) is 11.5 Å². The Morgan fingerprint density at radius 1 is 1.50 bits per heavy atom. The first-order valence-corrected chi connectivity index (χ1v) is 5.46. The number of hydrogen-bond acceptors (Lipinski definition) is 5. The van der Waals surface area contributed by atoms with Crippen molar-refractivity contribution in [2.45, 2.75) is 13.0 Å². The molecule has 1 atom stereocenters. The van der Waals surface area contributed by atoms with Crippen LogP contribution in [-0.4, -0.2) is 23.9 Å². The normalized spacial score (nSPS) is 12.7. The van der Waals surface area contributed by atoms with E-state index in [1.165, 1.54) is 13.2 Å². The fourth-order valence-electron chi connectivity index (χ4n) is 1.55. The molecule has 0 saturated heterocycles. The molecule has 2 aromatic rings. The van der Waals surface area contributed by atoms with Gasteiger partial charge in [-0.3, -0.25) is 0 Å². The van der Waals surface area contributed by atoms with Crippen molar-refractivity contribution in [3.63, 3.8) is 0 Å². The second-order valence-corrected chi connectivity index (χ2v) is 4.00. The summed E-state index contributed by atoms with van der Waals surface area (Å²) in [4.78, 5) is 4.08. The zero-order valence-electron chi connectivity index (χ0n) is 10.2. The minimum Gasteiger partial charge on any atom is -0.383 e. The lowest BCUT2D eigenvalue weighted by atomic mass is 10.1. The van der Waals surface area contributed by atoms with Crippen LogP contribution in [0.3, 0.4) is 0 Å². The molecule has 0 aliphatic carbocycles. The van der Waals surface area contributed by atoms with Gasteiger partial charge in [0, 0.05) is 7.11 Å². The Bertz CT molecular complexity index is 542. The zero-order chi connectivity index (χ0) is 13.1. The molecule has 0 saturated carbocycles. The molecule has 2 rings (SSSR count). The monoisotopic (exact) mass is 251 g/mol. The van der Waals surface area contributed by atoms with Gasteiger partial charge < -0.3 is 15.0 Å². The van der Waals surface area contributed by atoms with Gasteiger partial charge in [0.15, 0.2) is 5.82 Å². The molecular formula is C12H14FN3O2. The minimum atomic E-state index is -0.486. The number of aromatic nitrogens is 2. The molecule has 1 aromatic heterocycles. The molecule has 0 spiro atoms. The highest BCUT2D eigenvalue weighted by atomic mass is 19.1. The summed E-state index contributed by atoms with van der Waals surface area (Å²) in [5.74, 6) is 0.0154. The molecule has 96 valence electrons. The van der Waals surface area contributed by atoms with E-state index in [1.807, 2.05) is 6.92 Å². The highest BCUT2D eigenvalue weighted by Crippen LogP contribution is 2.23. The van der Waals surface area contributed by atoms with Crippen molar-refractivity contribution in [1.82, 2.24) is 10.1 Å². The van der Waals surface area contributed by atoms with Crippen LogP contribution in [0.5, 0.6) is 0 Å². The fourth-order valence-corrected chi connectivity index (χ4v) is 1.55. The van der Waals surface area contributed by atoms with E-state index in [1.54, 1.807) is 12.1 Å². The van der Waals surface area contributed by atoms with Gasteiger partial charge in [-0.1, -0.05) is 16.8 Å². The second kappa shape index (κ2) is 5.24. The first-order valence-electron chi connectivity index (χ1n) is 5.46. The maximum atomic E-state index is 13.6. The van der Waals surface area contributed by atoms with E-state index in [-0.39, 0.29) is 18.1 Å². The molecule has 0 bridgehead atoms. The lowest BCUT2D eigenvalue weighted by molar-refractivity contribution is 0.177. The number of rotatable bonds is 4. The summed E-state index contributed by atoms with van der Waals surface area (Å²) < 4.78 is 23.5. The first kappa shape index (κ1) is 12.7. The number of nitrogens with zero attached hydrogens (tertiary/aromatic N) is 2. The van der Waals surface area contributed by atoms with Gasteiger partial charge in [-0.05, 0) is 19.1 Å². The van der Waals surface area contributed by atoms with Crippen molar-refractivity contribution in [2.75, 3.05) is 13.7 Å². The average molecular weight is 251 g/mol. The molecule has 0 fully saturated rings. The lowest BCUT2D eigenvalue weighted by Crippen LogP contribution is -2.17. The molecular weight excluding hydrogens is 237 g/mol. The zero-order valence-corrected chi connectivity index (χ0v) is 10.2. The first-order chi connectivity index (χ1) is 8.61. The summed E-state index contributed by atoms with van der Waals surface area (Å²) in [7, 11) is 1.53. The van der Waals surface area contributed by atoms with E-state index < -0.39 is 11.9 Å². The van der Waals surface area contributed by atoms with E-state index >= 15 is 0 Å². The van der Waals surface area contributed by atoms with E-state index in [2.05, 4.69) is 10.1 Å². The maximum absolute atomic E-state index is 13.6. The smallest absolute Gasteiger partial charge is 0.260 e. The third kappa shape index (κ3) is 2.55.